The molecule has 208 valence electrons. The SMILES string of the molecule is COC(=O)c1c(C(F)F)nc(C(F)(F)F)c(C2=NCCS2)c1CC(C)C.NC(=O)NS(=O)(=O)NC(N)=O. The number of halogens is 5. The van der Waals surface area contributed by atoms with E-state index in [0.29, 0.717) is 12.3 Å². The lowest BCUT2D eigenvalue weighted by Gasteiger charge is -2.22. The van der Waals surface area contributed by atoms with Crippen LogP contribution in [-0.2, 0) is 27.5 Å². The third-order valence-electron chi connectivity index (χ3n) is 4.08. The quantitative estimate of drug-likeness (QED) is 0.279. The van der Waals surface area contributed by atoms with Gasteiger partial charge in [-0.05, 0) is 17.9 Å². The van der Waals surface area contributed by atoms with Gasteiger partial charge in [-0.1, -0.05) is 13.8 Å². The number of thioether (sulfide) groups is 1. The molecule has 0 saturated carbocycles. The van der Waals surface area contributed by atoms with E-state index in [2.05, 4.69) is 26.2 Å². The highest BCUT2D eigenvalue weighted by molar-refractivity contribution is 8.14. The Labute approximate surface area is 212 Å². The van der Waals surface area contributed by atoms with Gasteiger partial charge in [-0.2, -0.15) is 21.6 Å². The predicted octanol–water partition coefficient (Wildman–Crippen LogP) is 2.08. The third kappa shape index (κ3) is 9.30. The number of esters is 1. The fraction of sp³-hybridized carbons (Fsp3) is 0.500. The van der Waals surface area contributed by atoms with Gasteiger partial charge >= 0.3 is 34.4 Å². The van der Waals surface area contributed by atoms with Crippen molar-refractivity contribution >= 4 is 45.0 Å². The van der Waals surface area contributed by atoms with Crippen LogP contribution < -0.4 is 20.9 Å². The summed E-state index contributed by atoms with van der Waals surface area (Å²) < 4.78 is 95.6. The second-order valence-corrected chi connectivity index (χ2v) is 9.93. The number of methoxy groups -OCH3 is 1. The molecule has 0 unspecified atom stereocenters. The summed E-state index contributed by atoms with van der Waals surface area (Å²) in [4.78, 5) is 39.2. The van der Waals surface area contributed by atoms with Crippen LogP contribution in [0.2, 0.25) is 0 Å². The van der Waals surface area contributed by atoms with Crippen LogP contribution in [0, 0.1) is 5.92 Å². The van der Waals surface area contributed by atoms with Gasteiger partial charge in [0, 0.05) is 17.9 Å². The standard InChI is InChI=1S/C16H17F5N2O2S.C2H6N4O4S/c1-7(2)6-8-9(15(24)25-3)11(13(17)18)23-12(16(19,20)21)10(8)14-22-4-5-26-14;3-1(7)5-11(9,10)6-2(4)8/h7,13H,4-6H2,1-3H3;(H3,3,5,7)(H3,4,6,8). The van der Waals surface area contributed by atoms with Gasteiger partial charge in [0.25, 0.3) is 6.43 Å². The molecular formula is C18H23F5N6O6S2. The van der Waals surface area contributed by atoms with Crippen LogP contribution in [0.3, 0.4) is 0 Å². The maximum atomic E-state index is 13.6. The Balaban J connectivity index is 0.000000525. The highest BCUT2D eigenvalue weighted by atomic mass is 32.2. The third-order valence-corrected chi connectivity index (χ3v) is 6.01. The summed E-state index contributed by atoms with van der Waals surface area (Å²) in [6.45, 7) is 3.73. The Kier molecular flexibility index (Phi) is 11.0. The van der Waals surface area contributed by atoms with Crippen molar-refractivity contribution in [1.29, 1.82) is 0 Å². The Morgan fingerprint density at radius 2 is 1.68 bits per heavy atom. The molecule has 0 aromatic carbocycles. The molecule has 1 aliphatic rings. The van der Waals surface area contributed by atoms with Crippen LogP contribution in [0.25, 0.3) is 0 Å². The van der Waals surface area contributed by atoms with Crippen molar-refractivity contribution in [2.45, 2.75) is 32.9 Å². The number of amides is 4. The van der Waals surface area contributed by atoms with E-state index in [9.17, 15) is 44.8 Å². The summed E-state index contributed by atoms with van der Waals surface area (Å²) in [6, 6.07) is -2.61. The number of urea groups is 2. The Hall–Kier alpha value is -3.22. The summed E-state index contributed by atoms with van der Waals surface area (Å²) in [5, 5.41) is 0.0615. The van der Waals surface area contributed by atoms with Crippen LogP contribution >= 0.6 is 11.8 Å². The largest absolute Gasteiger partial charge is 0.465 e. The molecule has 2 heterocycles. The first kappa shape index (κ1) is 31.8. The normalized spacial score (nSPS) is 13.5. The lowest BCUT2D eigenvalue weighted by molar-refractivity contribution is -0.141. The number of pyridine rings is 1. The molecule has 1 aromatic rings. The lowest BCUT2D eigenvalue weighted by atomic mass is 9.91. The van der Waals surface area contributed by atoms with Gasteiger partial charge in [0.15, 0.2) is 5.69 Å². The molecule has 2 rings (SSSR count). The number of nitrogens with two attached hydrogens (primary N) is 2. The van der Waals surface area contributed by atoms with E-state index in [0.717, 1.165) is 18.9 Å². The molecule has 19 heteroatoms. The molecule has 0 radical (unpaired) electrons. The van der Waals surface area contributed by atoms with Gasteiger partial charge in [0.1, 0.15) is 10.7 Å². The lowest BCUT2D eigenvalue weighted by Crippen LogP contribution is -2.46. The van der Waals surface area contributed by atoms with E-state index in [1.54, 1.807) is 13.8 Å². The molecule has 12 nitrogen and oxygen atoms in total. The zero-order chi connectivity index (χ0) is 28.7. The second kappa shape index (κ2) is 12.8. The highest BCUT2D eigenvalue weighted by Gasteiger charge is 2.42. The number of aromatic nitrogens is 1. The molecule has 37 heavy (non-hydrogen) atoms. The number of nitrogens with zero attached hydrogens (tertiary/aromatic N) is 2. The zero-order valence-corrected chi connectivity index (χ0v) is 21.1. The van der Waals surface area contributed by atoms with Gasteiger partial charge in [-0.3, -0.25) is 4.99 Å². The van der Waals surface area contributed by atoms with E-state index in [1.165, 1.54) is 9.44 Å². The molecule has 0 fully saturated rings. The van der Waals surface area contributed by atoms with E-state index >= 15 is 0 Å². The first-order chi connectivity index (χ1) is 16.9. The van der Waals surface area contributed by atoms with Crippen molar-refractivity contribution < 1.29 is 49.5 Å². The summed E-state index contributed by atoms with van der Waals surface area (Å²) in [6.07, 6.45) is -8.35. The van der Waals surface area contributed by atoms with E-state index in [4.69, 9.17) is 0 Å². The van der Waals surface area contributed by atoms with Crippen molar-refractivity contribution in [3.05, 3.63) is 28.1 Å². The van der Waals surface area contributed by atoms with Crippen molar-refractivity contribution in [3.8, 4) is 0 Å². The van der Waals surface area contributed by atoms with Gasteiger partial charge in [-0.15, -0.1) is 11.8 Å². The zero-order valence-electron chi connectivity index (χ0n) is 19.5. The molecular weight excluding hydrogens is 555 g/mol. The topological polar surface area (TPSA) is 196 Å². The first-order valence-corrected chi connectivity index (χ1v) is 12.5. The van der Waals surface area contributed by atoms with Crippen LogP contribution in [0.1, 0.15) is 53.1 Å². The number of alkyl halides is 5. The maximum absolute atomic E-state index is 13.6. The fourth-order valence-corrected chi connectivity index (χ4v) is 4.47. The maximum Gasteiger partial charge on any atom is 0.434 e. The van der Waals surface area contributed by atoms with Gasteiger partial charge in [0.05, 0.1) is 12.7 Å². The minimum Gasteiger partial charge on any atom is -0.465 e. The summed E-state index contributed by atoms with van der Waals surface area (Å²) in [7, 11) is -3.25. The molecule has 0 atom stereocenters. The number of carbonyl (C=O) groups excluding carboxylic acids is 3. The summed E-state index contributed by atoms with van der Waals surface area (Å²) in [5.41, 5.74) is 5.08. The van der Waals surface area contributed by atoms with Crippen LogP contribution in [0.15, 0.2) is 4.99 Å². The fourth-order valence-electron chi connectivity index (χ4n) is 2.97. The number of carbonyl (C=O) groups is 3. The van der Waals surface area contributed by atoms with Gasteiger partial charge in [-0.25, -0.2) is 37.6 Å². The minimum atomic E-state index is -4.97. The molecule has 4 amide bonds. The number of nitrogens with one attached hydrogen (secondary N) is 2. The monoisotopic (exact) mass is 578 g/mol. The van der Waals surface area contributed by atoms with Crippen molar-refractivity contribution in [2.24, 2.45) is 22.4 Å². The van der Waals surface area contributed by atoms with Crippen LogP contribution in [0.5, 0.6) is 0 Å². The van der Waals surface area contributed by atoms with E-state index in [1.807, 2.05) is 0 Å². The van der Waals surface area contributed by atoms with E-state index < -0.39 is 63.4 Å². The number of aliphatic imine (C=N–C) groups is 1. The molecule has 0 aliphatic carbocycles. The Morgan fingerprint density at radius 1 is 1.14 bits per heavy atom. The molecule has 0 spiro atoms. The van der Waals surface area contributed by atoms with Crippen LogP contribution in [-0.4, -0.2) is 55.9 Å². The molecule has 6 N–H and O–H groups in total. The number of hydrogen-bond donors (Lipinski definition) is 4. The van der Waals surface area contributed by atoms with E-state index in [-0.39, 0.29) is 22.9 Å². The van der Waals surface area contributed by atoms with Crippen molar-refractivity contribution in [1.82, 2.24) is 14.4 Å². The van der Waals surface area contributed by atoms with Crippen LogP contribution in [0.4, 0.5) is 31.5 Å². The predicted molar refractivity (Wildman–Crippen MR) is 122 cm³/mol. The second-order valence-electron chi connectivity index (χ2n) is 7.43. The Bertz CT molecular complexity index is 1150. The molecule has 0 bridgehead atoms. The van der Waals surface area contributed by atoms with Gasteiger partial charge in [0.2, 0.25) is 0 Å². The minimum absolute atomic E-state index is 0.0231. The highest BCUT2D eigenvalue weighted by Crippen LogP contribution is 2.40. The molecule has 0 saturated heterocycles. The average molecular weight is 579 g/mol. The number of rotatable bonds is 7. The Morgan fingerprint density at radius 3 is 2.03 bits per heavy atom. The number of primary amides is 2. The molecule has 1 aliphatic heterocycles. The summed E-state index contributed by atoms with van der Waals surface area (Å²) >= 11 is 1.08. The van der Waals surface area contributed by atoms with Crippen molar-refractivity contribution in [3.63, 3.8) is 0 Å². The number of hydrogen-bond acceptors (Lipinski definition) is 9. The summed E-state index contributed by atoms with van der Waals surface area (Å²) in [5.74, 6) is -0.863. The van der Waals surface area contributed by atoms with Crippen molar-refractivity contribution in [2.75, 3.05) is 19.4 Å². The molecule has 1 aromatic heterocycles. The number of ether oxygens (including phenoxy) is 1. The smallest absolute Gasteiger partial charge is 0.434 e. The van der Waals surface area contributed by atoms with Gasteiger partial charge < -0.3 is 16.2 Å². The first-order valence-electron chi connectivity index (χ1n) is 9.98. The average Bonchev–Trinajstić information content (AvgIpc) is 3.24.